The lowest BCUT2D eigenvalue weighted by molar-refractivity contribution is -0.140. The fourth-order valence-electron chi connectivity index (χ4n) is 5.16. The summed E-state index contributed by atoms with van der Waals surface area (Å²) in [5, 5.41) is 15.8. The van der Waals surface area contributed by atoms with Crippen LogP contribution in [-0.4, -0.2) is 39.0 Å². The molecule has 1 saturated heterocycles. The highest BCUT2D eigenvalue weighted by atomic mass is 32.2. The summed E-state index contributed by atoms with van der Waals surface area (Å²) in [4.78, 5) is 27.6. The molecule has 1 aliphatic heterocycles. The van der Waals surface area contributed by atoms with Crippen LogP contribution >= 0.6 is 24.0 Å². The average molecular weight is 669 g/mol. The van der Waals surface area contributed by atoms with Crippen LogP contribution in [0.4, 0.5) is 28.4 Å². The molecule has 6 rings (SSSR count). The van der Waals surface area contributed by atoms with E-state index in [1.807, 2.05) is 65.8 Å². The Morgan fingerprint density at radius 2 is 1.21 bits per heavy atom. The van der Waals surface area contributed by atoms with Crippen molar-refractivity contribution < 1.29 is 14.7 Å². The molecule has 1 heterocycles. The van der Waals surface area contributed by atoms with Gasteiger partial charge in [-0.2, -0.15) is 5.10 Å². The van der Waals surface area contributed by atoms with Crippen molar-refractivity contribution in [3.63, 3.8) is 0 Å². The van der Waals surface area contributed by atoms with Crippen LogP contribution in [0.3, 0.4) is 0 Å². The highest BCUT2D eigenvalue weighted by molar-refractivity contribution is 8.26. The minimum absolute atomic E-state index is 0.237. The van der Waals surface area contributed by atoms with E-state index in [-0.39, 0.29) is 4.32 Å². The summed E-state index contributed by atoms with van der Waals surface area (Å²) in [6, 6.07) is 42.9. The topological polar surface area (TPSA) is 76.4 Å². The van der Waals surface area contributed by atoms with Crippen molar-refractivity contribution in [3.8, 4) is 0 Å². The first-order chi connectivity index (χ1) is 23.2. The van der Waals surface area contributed by atoms with Crippen LogP contribution in [0, 0.1) is 13.8 Å². The van der Waals surface area contributed by atoms with Crippen molar-refractivity contribution in [2.24, 2.45) is 5.10 Å². The number of benzene rings is 5. The Morgan fingerprint density at radius 1 is 0.729 bits per heavy atom. The van der Waals surface area contributed by atoms with Gasteiger partial charge in [0, 0.05) is 17.1 Å². The summed E-state index contributed by atoms with van der Waals surface area (Å²) in [5.74, 6) is -1.51. The second kappa shape index (κ2) is 14.5. The molecule has 1 amide bonds. The second-order valence-corrected chi connectivity index (χ2v) is 12.9. The smallest absolute Gasteiger partial charge is 0.323 e. The Kier molecular flexibility index (Phi) is 9.80. The number of carbonyl (C=O) groups excluding carboxylic acids is 1. The zero-order valence-electron chi connectivity index (χ0n) is 26.4. The van der Waals surface area contributed by atoms with E-state index in [0.717, 1.165) is 56.2 Å². The molecular weight excluding hydrogens is 637 g/mol. The highest BCUT2D eigenvalue weighted by Gasteiger charge is 2.33. The highest BCUT2D eigenvalue weighted by Crippen LogP contribution is 2.35. The molecule has 0 aromatic heterocycles. The van der Waals surface area contributed by atoms with Crippen LogP contribution in [0.15, 0.2) is 137 Å². The van der Waals surface area contributed by atoms with E-state index >= 15 is 0 Å². The van der Waals surface area contributed by atoms with Gasteiger partial charge in [-0.05, 0) is 91.7 Å². The van der Waals surface area contributed by atoms with Crippen molar-refractivity contribution in [2.75, 3.05) is 16.5 Å². The summed E-state index contributed by atoms with van der Waals surface area (Å²) in [6.07, 6.45) is 3.56. The predicted octanol–water partition coefficient (Wildman–Crippen LogP) is 9.23. The molecule has 5 aromatic carbocycles. The van der Waals surface area contributed by atoms with Gasteiger partial charge >= 0.3 is 5.97 Å². The number of rotatable bonds is 10. The molecule has 1 N–H and O–H groups in total. The molecule has 0 saturated carbocycles. The summed E-state index contributed by atoms with van der Waals surface area (Å²) in [5.41, 5.74) is 9.05. The summed E-state index contributed by atoms with van der Waals surface area (Å²) in [6.45, 7) is 3.72. The van der Waals surface area contributed by atoms with Crippen molar-refractivity contribution in [1.29, 1.82) is 0 Å². The van der Waals surface area contributed by atoms with E-state index in [1.54, 1.807) is 6.08 Å². The molecule has 5 aromatic rings. The Bertz CT molecular complexity index is 1950. The van der Waals surface area contributed by atoms with Crippen LogP contribution in [-0.2, 0) is 9.59 Å². The number of anilines is 5. The Labute approximate surface area is 289 Å². The molecule has 0 atom stereocenters. The lowest BCUT2D eigenvalue weighted by atomic mass is 10.1. The SMILES string of the molecule is Cc1ccc(N(c2ccc(C)cc2)c2ccc(/C=N/N(c3ccccc3)c3ccc(/C=C4/SC(=S)N(CC(=O)O)C4=O)cc3)cc2)cc1. The van der Waals surface area contributed by atoms with Gasteiger partial charge in [0.15, 0.2) is 0 Å². The first-order valence-electron chi connectivity index (χ1n) is 15.2. The zero-order chi connectivity index (χ0) is 33.6. The number of aliphatic carboxylic acids is 1. The Hall–Kier alpha value is -5.51. The number of thioether (sulfide) groups is 1. The van der Waals surface area contributed by atoms with Gasteiger partial charge < -0.3 is 10.0 Å². The van der Waals surface area contributed by atoms with E-state index in [9.17, 15) is 9.59 Å². The number of hydrogen-bond donors (Lipinski definition) is 1. The normalized spacial score (nSPS) is 13.8. The number of thiocarbonyl (C=S) groups is 1. The molecule has 9 heteroatoms. The molecule has 48 heavy (non-hydrogen) atoms. The van der Waals surface area contributed by atoms with Gasteiger partial charge in [0.05, 0.1) is 22.5 Å². The number of amides is 1. The number of nitrogens with zero attached hydrogens (tertiary/aromatic N) is 4. The van der Waals surface area contributed by atoms with E-state index < -0.39 is 18.4 Å². The average Bonchev–Trinajstić information content (AvgIpc) is 3.35. The van der Waals surface area contributed by atoms with E-state index in [4.69, 9.17) is 22.4 Å². The maximum Gasteiger partial charge on any atom is 0.323 e. The molecular formula is C39H32N4O3S2. The van der Waals surface area contributed by atoms with Crippen LogP contribution in [0.1, 0.15) is 22.3 Å². The standard InChI is InChI=1S/C39H32N4O3S2/c1-27-8-16-31(17-9-27)42(32-18-10-28(2)11-19-32)33-20-14-30(15-21-33)25-40-43(34-6-4-3-5-7-34)35-22-12-29(13-23-35)24-36-38(46)41(26-37(44)45)39(47)48-36/h3-25H,26H2,1-2H3,(H,44,45)/b36-24+,40-25+. The maximum absolute atomic E-state index is 12.7. The Morgan fingerprint density at radius 3 is 1.75 bits per heavy atom. The fourth-order valence-corrected chi connectivity index (χ4v) is 6.41. The summed E-state index contributed by atoms with van der Waals surface area (Å²) in [7, 11) is 0. The summed E-state index contributed by atoms with van der Waals surface area (Å²) < 4.78 is 0.237. The third-order valence-electron chi connectivity index (χ3n) is 7.66. The summed E-state index contributed by atoms with van der Waals surface area (Å²) >= 11 is 6.32. The van der Waals surface area contributed by atoms with E-state index in [0.29, 0.717) is 4.91 Å². The minimum Gasteiger partial charge on any atom is -0.480 e. The number of hydrogen-bond acceptors (Lipinski definition) is 7. The third kappa shape index (κ3) is 7.54. The molecule has 238 valence electrons. The molecule has 1 fully saturated rings. The molecule has 0 bridgehead atoms. The van der Waals surface area contributed by atoms with Crippen LogP contribution < -0.4 is 9.91 Å². The fraction of sp³-hybridized carbons (Fsp3) is 0.0769. The first-order valence-corrected chi connectivity index (χ1v) is 16.5. The molecule has 7 nitrogen and oxygen atoms in total. The second-order valence-electron chi connectivity index (χ2n) is 11.2. The first kappa shape index (κ1) is 32.4. The maximum atomic E-state index is 12.7. The van der Waals surface area contributed by atoms with Crippen molar-refractivity contribution >= 4 is 80.9 Å². The largest absolute Gasteiger partial charge is 0.480 e. The molecule has 0 aliphatic carbocycles. The van der Waals surface area contributed by atoms with Gasteiger partial charge in [-0.3, -0.25) is 14.5 Å². The molecule has 0 unspecified atom stereocenters. The number of hydrazone groups is 1. The monoisotopic (exact) mass is 668 g/mol. The zero-order valence-corrected chi connectivity index (χ0v) is 28.0. The quantitative estimate of drug-likeness (QED) is 0.0688. The van der Waals surface area contributed by atoms with Crippen molar-refractivity contribution in [1.82, 2.24) is 4.90 Å². The van der Waals surface area contributed by atoms with Crippen LogP contribution in [0.5, 0.6) is 0 Å². The lowest BCUT2D eigenvalue weighted by Gasteiger charge is -2.26. The third-order valence-corrected chi connectivity index (χ3v) is 9.04. The van der Waals surface area contributed by atoms with E-state index in [1.165, 1.54) is 11.1 Å². The van der Waals surface area contributed by atoms with Gasteiger partial charge in [0.25, 0.3) is 5.91 Å². The molecule has 0 spiro atoms. The lowest BCUT2D eigenvalue weighted by Crippen LogP contribution is -2.33. The molecule has 0 radical (unpaired) electrons. The van der Waals surface area contributed by atoms with Gasteiger partial charge in [-0.1, -0.05) is 102 Å². The Balaban J connectivity index is 1.25. The van der Waals surface area contributed by atoms with Gasteiger partial charge in [0.1, 0.15) is 10.9 Å². The van der Waals surface area contributed by atoms with Crippen molar-refractivity contribution in [2.45, 2.75) is 13.8 Å². The number of carbonyl (C=O) groups is 2. The number of aryl methyl sites for hydroxylation is 2. The predicted molar refractivity (Wildman–Crippen MR) is 201 cm³/mol. The number of carboxylic acids is 1. The number of para-hydroxylation sites is 1. The van der Waals surface area contributed by atoms with Gasteiger partial charge in [-0.25, -0.2) is 5.01 Å². The van der Waals surface area contributed by atoms with Crippen molar-refractivity contribution in [3.05, 3.63) is 155 Å². The van der Waals surface area contributed by atoms with Gasteiger partial charge in [-0.15, -0.1) is 0 Å². The van der Waals surface area contributed by atoms with Gasteiger partial charge in [0.2, 0.25) is 0 Å². The number of carboxylic acid groups (broad SMARTS) is 1. The van der Waals surface area contributed by atoms with Crippen LogP contribution in [0.25, 0.3) is 6.08 Å². The minimum atomic E-state index is -1.11. The van der Waals surface area contributed by atoms with E-state index in [2.05, 4.69) is 91.5 Å². The van der Waals surface area contributed by atoms with Crippen LogP contribution in [0.2, 0.25) is 0 Å². The molecule has 1 aliphatic rings.